The third kappa shape index (κ3) is 6.44. The van der Waals surface area contributed by atoms with E-state index in [1.807, 2.05) is 49.1 Å². The summed E-state index contributed by atoms with van der Waals surface area (Å²) in [5, 5.41) is 0. The highest BCUT2D eigenvalue weighted by atomic mass is 16.5. The minimum Gasteiger partial charge on any atom is -0.497 e. The van der Waals surface area contributed by atoms with E-state index in [4.69, 9.17) is 14.5 Å². The second-order valence-electron chi connectivity index (χ2n) is 10.3. The lowest BCUT2D eigenvalue weighted by molar-refractivity contribution is 0.414. The van der Waals surface area contributed by atoms with Crippen LogP contribution in [-0.2, 0) is 13.1 Å². The average Bonchev–Trinajstić information content (AvgIpc) is 3.73. The normalized spacial score (nSPS) is 11.2. The fraction of sp³-hybridized carbons (Fsp3) is 0.135. The summed E-state index contributed by atoms with van der Waals surface area (Å²) < 4.78 is 15.4. The molecule has 0 aliphatic heterocycles. The molecule has 4 aromatic carbocycles. The molecule has 0 aliphatic carbocycles. The molecule has 214 valence electrons. The Balaban J connectivity index is 1.43. The molecular formula is C37H34N4O2. The molecule has 6 heteroatoms. The Bertz CT molecular complexity index is 1770. The summed E-state index contributed by atoms with van der Waals surface area (Å²) in [7, 11) is 3.37. The lowest BCUT2D eigenvalue weighted by Gasteiger charge is -2.14. The highest BCUT2D eigenvalue weighted by Crippen LogP contribution is 2.38. The molecule has 0 aliphatic rings. The van der Waals surface area contributed by atoms with Crippen LogP contribution in [-0.4, -0.2) is 33.3 Å². The minimum absolute atomic E-state index is 0.785. The number of aromatic nitrogens is 4. The molecule has 43 heavy (non-hydrogen) atoms. The smallest absolute Gasteiger partial charge is 0.141 e. The number of ether oxygens (including phenoxy) is 2. The Kier molecular flexibility index (Phi) is 8.46. The van der Waals surface area contributed by atoms with Gasteiger partial charge in [-0.1, -0.05) is 66.7 Å². The van der Waals surface area contributed by atoms with Crippen LogP contribution in [0, 0.1) is 0 Å². The van der Waals surface area contributed by atoms with Crippen molar-refractivity contribution >= 4 is 12.2 Å². The molecule has 0 radical (unpaired) electrons. The SMILES string of the molecule is COc1ccc(-c2nc(-c3ccc(/C=C/c4ccccc4)cc3)n(CCCn3ccnc3)c2-c2ccc(OC)cc2)cc1. The molecule has 0 spiro atoms. The van der Waals surface area contributed by atoms with E-state index in [9.17, 15) is 0 Å². The standard InChI is InChI=1S/C37H34N4O2/c1-42-33-19-15-30(16-20-33)35-36(31-17-21-34(43-2)22-18-31)41(25-6-24-40-26-23-38-27-40)37(39-35)32-13-11-29(12-14-32)10-9-28-7-4-3-5-8-28/h3-5,7-23,26-27H,6,24-25H2,1-2H3/b10-9+. The maximum atomic E-state index is 5.47. The summed E-state index contributed by atoms with van der Waals surface area (Å²) >= 11 is 0. The lowest BCUT2D eigenvalue weighted by atomic mass is 10.0. The van der Waals surface area contributed by atoms with Crippen molar-refractivity contribution < 1.29 is 9.47 Å². The first-order valence-corrected chi connectivity index (χ1v) is 14.4. The average molecular weight is 567 g/mol. The highest BCUT2D eigenvalue weighted by molar-refractivity contribution is 5.83. The lowest BCUT2D eigenvalue weighted by Crippen LogP contribution is -2.06. The van der Waals surface area contributed by atoms with Gasteiger partial charge in [-0.15, -0.1) is 0 Å². The van der Waals surface area contributed by atoms with Gasteiger partial charge in [0, 0.05) is 42.2 Å². The number of aryl methyl sites for hydroxylation is 1. The van der Waals surface area contributed by atoms with E-state index in [0.29, 0.717) is 0 Å². The van der Waals surface area contributed by atoms with Crippen molar-refractivity contribution in [1.29, 1.82) is 0 Å². The number of methoxy groups -OCH3 is 2. The van der Waals surface area contributed by atoms with E-state index in [2.05, 4.69) is 99.1 Å². The van der Waals surface area contributed by atoms with E-state index in [-0.39, 0.29) is 0 Å². The second kappa shape index (κ2) is 13.1. The Hall–Kier alpha value is -5.36. The number of nitrogens with zero attached hydrogens (tertiary/aromatic N) is 4. The van der Waals surface area contributed by atoms with Crippen molar-refractivity contribution in [3.05, 3.63) is 133 Å². The largest absolute Gasteiger partial charge is 0.497 e. The summed E-state index contributed by atoms with van der Waals surface area (Å²) in [6.45, 7) is 1.65. The molecule has 6 nitrogen and oxygen atoms in total. The van der Waals surface area contributed by atoms with Crippen LogP contribution in [0.3, 0.4) is 0 Å². The highest BCUT2D eigenvalue weighted by Gasteiger charge is 2.21. The third-order valence-electron chi connectivity index (χ3n) is 7.49. The van der Waals surface area contributed by atoms with Gasteiger partial charge in [-0.3, -0.25) is 0 Å². The van der Waals surface area contributed by atoms with Gasteiger partial charge in [-0.25, -0.2) is 9.97 Å². The first kappa shape index (κ1) is 27.8. The van der Waals surface area contributed by atoms with Crippen molar-refractivity contribution in [2.75, 3.05) is 14.2 Å². The van der Waals surface area contributed by atoms with Crippen molar-refractivity contribution in [3.63, 3.8) is 0 Å². The molecule has 0 N–H and O–H groups in total. The van der Waals surface area contributed by atoms with Crippen molar-refractivity contribution in [2.24, 2.45) is 0 Å². The first-order chi connectivity index (χ1) is 21.2. The molecule has 0 fully saturated rings. The van der Waals surface area contributed by atoms with Gasteiger partial charge in [0.2, 0.25) is 0 Å². The summed E-state index contributed by atoms with van der Waals surface area (Å²) in [6.07, 6.45) is 10.9. The van der Waals surface area contributed by atoms with E-state index < -0.39 is 0 Å². The maximum Gasteiger partial charge on any atom is 0.141 e. The summed E-state index contributed by atoms with van der Waals surface area (Å²) in [4.78, 5) is 9.53. The van der Waals surface area contributed by atoms with E-state index in [1.54, 1.807) is 14.2 Å². The quantitative estimate of drug-likeness (QED) is 0.148. The van der Waals surface area contributed by atoms with Crippen LogP contribution in [0.25, 0.3) is 46.1 Å². The van der Waals surface area contributed by atoms with Gasteiger partial charge in [0.15, 0.2) is 0 Å². The molecule has 0 atom stereocenters. The molecule has 2 heterocycles. The molecular weight excluding hydrogens is 532 g/mol. The van der Waals surface area contributed by atoms with Gasteiger partial charge in [0.1, 0.15) is 17.3 Å². The molecule has 0 bridgehead atoms. The first-order valence-electron chi connectivity index (χ1n) is 14.4. The Morgan fingerprint density at radius 2 is 1.26 bits per heavy atom. The van der Waals surface area contributed by atoms with E-state index >= 15 is 0 Å². The fourth-order valence-electron chi connectivity index (χ4n) is 5.21. The summed E-state index contributed by atoms with van der Waals surface area (Å²) in [6, 6.07) is 35.3. The number of hydrogen-bond donors (Lipinski definition) is 0. The number of hydrogen-bond acceptors (Lipinski definition) is 4. The molecule has 0 unspecified atom stereocenters. The Morgan fingerprint density at radius 1 is 0.651 bits per heavy atom. The zero-order valence-corrected chi connectivity index (χ0v) is 24.4. The summed E-state index contributed by atoms with van der Waals surface area (Å²) in [5.74, 6) is 2.56. The number of rotatable bonds is 11. The van der Waals surface area contributed by atoms with Crippen molar-refractivity contribution in [1.82, 2.24) is 19.1 Å². The molecule has 0 saturated heterocycles. The predicted molar refractivity (Wildman–Crippen MR) is 174 cm³/mol. The summed E-state index contributed by atoms with van der Waals surface area (Å²) in [5.41, 5.74) is 7.48. The molecule has 6 aromatic rings. The van der Waals surface area contributed by atoms with Gasteiger partial charge in [0.25, 0.3) is 0 Å². The van der Waals surface area contributed by atoms with Crippen LogP contribution in [0.4, 0.5) is 0 Å². The van der Waals surface area contributed by atoms with Gasteiger partial charge in [-0.2, -0.15) is 0 Å². The fourth-order valence-corrected chi connectivity index (χ4v) is 5.21. The second-order valence-corrected chi connectivity index (χ2v) is 10.3. The predicted octanol–water partition coefficient (Wildman–Crippen LogP) is 8.36. The maximum absolute atomic E-state index is 5.47. The monoisotopic (exact) mass is 566 g/mol. The van der Waals surface area contributed by atoms with Crippen LogP contribution < -0.4 is 9.47 Å². The molecule has 0 amide bonds. The zero-order valence-electron chi connectivity index (χ0n) is 24.4. The Labute approximate surface area is 252 Å². The molecule has 6 rings (SSSR count). The molecule has 0 saturated carbocycles. The topological polar surface area (TPSA) is 54.1 Å². The van der Waals surface area contributed by atoms with Gasteiger partial charge >= 0.3 is 0 Å². The van der Waals surface area contributed by atoms with Gasteiger partial charge in [0.05, 0.1) is 31.9 Å². The van der Waals surface area contributed by atoms with Crippen LogP contribution in [0.2, 0.25) is 0 Å². The van der Waals surface area contributed by atoms with E-state index in [1.165, 1.54) is 5.56 Å². The molecule has 2 aromatic heterocycles. The zero-order chi connectivity index (χ0) is 29.4. The van der Waals surface area contributed by atoms with Crippen molar-refractivity contribution in [2.45, 2.75) is 19.5 Å². The van der Waals surface area contributed by atoms with Crippen LogP contribution >= 0.6 is 0 Å². The van der Waals surface area contributed by atoms with Gasteiger partial charge in [-0.05, 0) is 66.1 Å². The van der Waals surface area contributed by atoms with Gasteiger partial charge < -0.3 is 18.6 Å². The van der Waals surface area contributed by atoms with Crippen LogP contribution in [0.1, 0.15) is 17.5 Å². The van der Waals surface area contributed by atoms with Crippen LogP contribution in [0.5, 0.6) is 11.5 Å². The van der Waals surface area contributed by atoms with Crippen molar-refractivity contribution in [3.8, 4) is 45.4 Å². The number of benzene rings is 4. The minimum atomic E-state index is 0.785. The third-order valence-corrected chi connectivity index (χ3v) is 7.49. The number of imidazole rings is 2. The van der Waals surface area contributed by atoms with Crippen LogP contribution in [0.15, 0.2) is 122 Å². The Morgan fingerprint density at radius 3 is 1.86 bits per heavy atom. The van der Waals surface area contributed by atoms with E-state index in [0.717, 1.165) is 70.5 Å².